The molecular formula is C111H74Ir4N12O4-8. The van der Waals surface area contributed by atoms with Gasteiger partial charge in [-0.2, -0.15) is 0 Å². The summed E-state index contributed by atoms with van der Waals surface area (Å²) in [6.07, 6.45) is 20.7. The van der Waals surface area contributed by atoms with E-state index in [1.165, 1.54) is 11.6 Å². The number of benzene rings is 8. The Hall–Kier alpha value is -14.6. The first kappa shape index (κ1) is 85.8. The fourth-order valence-electron chi connectivity index (χ4n) is 13.4. The monoisotopic (exact) mass is 2420 g/mol. The molecule has 24 rings (SSSR count). The van der Waals surface area contributed by atoms with Gasteiger partial charge >= 0.3 is 0 Å². The molecule has 646 valence electrons. The molecule has 16 aromatic heterocycles. The molecule has 16 nitrogen and oxygen atoms in total. The summed E-state index contributed by atoms with van der Waals surface area (Å²) >= 11 is 0. The molecule has 8 aromatic carbocycles. The van der Waals surface area contributed by atoms with Crippen LogP contribution in [0.5, 0.6) is 0 Å². The number of pyridine rings is 12. The van der Waals surface area contributed by atoms with E-state index in [1.54, 1.807) is 86.2 Å². The fourth-order valence-corrected chi connectivity index (χ4v) is 13.4. The van der Waals surface area contributed by atoms with Gasteiger partial charge in [0.05, 0.1) is 33.4 Å². The maximum absolute atomic E-state index is 7.50. The zero-order chi connectivity index (χ0) is 91.1. The summed E-state index contributed by atoms with van der Waals surface area (Å²) in [5.41, 5.74) is 23.1. The van der Waals surface area contributed by atoms with Gasteiger partial charge < -0.3 is 57.5 Å². The first-order chi connectivity index (χ1) is 65.1. The third kappa shape index (κ3) is 24.0. The number of furan rings is 4. The quantitative estimate of drug-likeness (QED) is 0.130. The molecule has 4 radical (unpaired) electrons. The number of hydrogen-bond donors (Lipinski definition) is 0. The van der Waals surface area contributed by atoms with E-state index in [0.29, 0.717) is 22.7 Å². The molecule has 20 heteroatoms. The molecule has 131 heavy (non-hydrogen) atoms. The largest absolute Gasteiger partial charge is 0.499 e. The SMILES string of the molecule is Cc1ccc(-c2[c-]cccc2)nc1.[2H]C([2H])([2H])c1cnc(-c2[c-]cccc2)cc1C([2H])([2H])[2H].[Ir].[Ir].[Ir].[Ir].[c-]1cc2oc3cccnc3c2cc1-c1ccccn1.[c-]1cc2oc3cccnc3c2cc1-c1ccccn1.[c-]1cc2oc3ncccc3c2cc1-c1ccccn1.[c-]1cc2oc3ncccc3c2cc1-c1ccccn1.[c-]1ccccc1-c1ccccn1.[c-]1ccccc1-c1ccccn1. The molecule has 0 atom stereocenters. The molecule has 0 amide bonds. The van der Waals surface area contributed by atoms with Crippen LogP contribution in [0.25, 0.3) is 178 Å². The third-order valence-corrected chi connectivity index (χ3v) is 19.5. The van der Waals surface area contributed by atoms with Crippen molar-refractivity contribution in [2.45, 2.75) is 20.6 Å². The van der Waals surface area contributed by atoms with E-state index < -0.39 is 13.7 Å². The number of aromatic nitrogens is 12. The van der Waals surface area contributed by atoms with Crippen LogP contribution in [0.2, 0.25) is 0 Å². The van der Waals surface area contributed by atoms with E-state index >= 15 is 0 Å². The van der Waals surface area contributed by atoms with E-state index in [0.717, 1.165) is 162 Å². The summed E-state index contributed by atoms with van der Waals surface area (Å²) in [4.78, 5) is 51.4. The standard InChI is InChI=1S/4C16H9N2O.C13H12N.C12H10N.2C11H8N.4Ir/c2*1-2-8-17-14(5-1)11-6-7-15-13(10-11)12-4-3-9-18-16(12)19-15;2*1-2-8-17-13(4-1)11-6-7-14-12(10-11)16-15(19-14)5-3-9-18-16;1-10-8-13(14-9-11(10)2)12-6-4-3-5-7-12;1-10-7-8-12(13-9-10)11-5-3-2-4-6-11;2*1-2-6-10(7-3-1)11-8-4-5-9-12-11;;;;/h4*1-5,7-10H;3-6,8-9H,1-2H3;2-5,7-9H,1H3;2*1-6,8-9H;;;;/q8*-1;;;;/i;;;;1D3,2D3;;;;;;;. The topological polar surface area (TPSA) is 207 Å². The van der Waals surface area contributed by atoms with Gasteiger partial charge in [-0.15, -0.1) is 239 Å². The Morgan fingerprint density at radius 2 is 0.527 bits per heavy atom. The van der Waals surface area contributed by atoms with Crippen molar-refractivity contribution in [1.29, 1.82) is 0 Å². The summed E-state index contributed by atoms with van der Waals surface area (Å²) in [5, 5.41) is 6.11. The van der Waals surface area contributed by atoms with Crippen LogP contribution in [0.1, 0.15) is 24.9 Å². The number of fused-ring (bicyclic) bond motifs is 12. The van der Waals surface area contributed by atoms with E-state index in [4.69, 9.17) is 25.9 Å². The predicted octanol–water partition coefficient (Wildman–Crippen LogP) is 26.5. The van der Waals surface area contributed by atoms with Gasteiger partial charge in [0.2, 0.25) is 11.4 Å². The molecule has 24 aromatic rings. The van der Waals surface area contributed by atoms with Crippen molar-refractivity contribution in [3.05, 3.63) is 461 Å². The average molecular weight is 2410 g/mol. The molecule has 0 aliphatic heterocycles. The van der Waals surface area contributed by atoms with Gasteiger partial charge in [-0.25, -0.2) is 9.97 Å². The van der Waals surface area contributed by atoms with E-state index in [1.807, 2.05) is 298 Å². The van der Waals surface area contributed by atoms with E-state index in [9.17, 15) is 0 Å². The Morgan fingerprint density at radius 3 is 0.855 bits per heavy atom. The van der Waals surface area contributed by atoms with Crippen LogP contribution in [0.15, 0.2) is 414 Å². The van der Waals surface area contributed by atoms with Gasteiger partial charge in [0.1, 0.15) is 11.2 Å². The van der Waals surface area contributed by atoms with Crippen molar-refractivity contribution in [3.63, 3.8) is 0 Å². The summed E-state index contributed by atoms with van der Waals surface area (Å²) in [6, 6.07) is 127. The normalized spacial score (nSPS) is 11.2. The average Bonchev–Trinajstić information content (AvgIpc) is 1.67. The minimum Gasteiger partial charge on any atom is -0.499 e. The van der Waals surface area contributed by atoms with Crippen molar-refractivity contribution < 1.29 is 106 Å². The molecule has 16 heterocycles. The minimum absolute atomic E-state index is 0. The molecule has 0 fully saturated rings. The maximum Gasteiger partial charge on any atom is 0.216 e. The van der Waals surface area contributed by atoms with Crippen molar-refractivity contribution >= 4 is 88.3 Å². The second kappa shape index (κ2) is 46.9. The van der Waals surface area contributed by atoms with Crippen molar-refractivity contribution in [2.24, 2.45) is 0 Å². The summed E-state index contributed by atoms with van der Waals surface area (Å²) in [7, 11) is 0. The molecule has 0 bridgehead atoms. The molecule has 0 saturated heterocycles. The maximum atomic E-state index is 7.50. The summed E-state index contributed by atoms with van der Waals surface area (Å²) < 4.78 is 67.5. The first-order valence-electron chi connectivity index (χ1n) is 43.2. The number of nitrogens with zero attached hydrogens (tertiary/aromatic N) is 12. The zero-order valence-corrected chi connectivity index (χ0v) is 78.9. The van der Waals surface area contributed by atoms with Gasteiger partial charge in [0, 0.05) is 174 Å². The van der Waals surface area contributed by atoms with Crippen LogP contribution in [0, 0.1) is 69.2 Å². The Labute approximate surface area is 819 Å². The van der Waals surface area contributed by atoms with Gasteiger partial charge in [0.25, 0.3) is 0 Å². The van der Waals surface area contributed by atoms with Crippen LogP contribution < -0.4 is 0 Å². The first-order valence-corrected chi connectivity index (χ1v) is 40.2. The number of aryl methyl sites for hydroxylation is 3. The predicted molar refractivity (Wildman–Crippen MR) is 503 cm³/mol. The van der Waals surface area contributed by atoms with Crippen LogP contribution in [0.3, 0.4) is 0 Å². The van der Waals surface area contributed by atoms with Gasteiger partial charge in [-0.3, -0.25) is 9.97 Å². The summed E-state index contributed by atoms with van der Waals surface area (Å²) in [5.74, 6) is 0. The molecule has 0 unspecified atom stereocenters. The second-order valence-corrected chi connectivity index (χ2v) is 28.0. The van der Waals surface area contributed by atoms with Crippen LogP contribution >= 0.6 is 0 Å². The molecular weight excluding hydrogens is 2330 g/mol. The Morgan fingerprint density at radius 1 is 0.221 bits per heavy atom. The molecule has 0 spiro atoms. The molecule has 0 saturated carbocycles. The fraction of sp³-hybridized carbons (Fsp3) is 0.0270. The van der Waals surface area contributed by atoms with E-state index in [-0.39, 0.29) is 91.5 Å². The molecule has 0 aliphatic carbocycles. The molecule has 0 N–H and O–H groups in total. The summed E-state index contributed by atoms with van der Waals surface area (Å²) in [6.45, 7) is -2.97. The second-order valence-electron chi connectivity index (χ2n) is 28.0. The van der Waals surface area contributed by atoms with Crippen LogP contribution in [-0.4, -0.2) is 59.8 Å². The smallest absolute Gasteiger partial charge is 0.216 e. The van der Waals surface area contributed by atoms with Crippen molar-refractivity contribution in [1.82, 2.24) is 59.8 Å². The van der Waals surface area contributed by atoms with Gasteiger partial charge in [-0.1, -0.05) is 107 Å². The van der Waals surface area contributed by atoms with Crippen LogP contribution in [-0.2, 0) is 80.4 Å². The number of rotatable bonds is 8. The van der Waals surface area contributed by atoms with Gasteiger partial charge in [0.15, 0.2) is 0 Å². The molecule has 0 aliphatic rings. The Bertz CT molecular complexity index is 7180. The van der Waals surface area contributed by atoms with Gasteiger partial charge in [-0.05, 0) is 173 Å². The van der Waals surface area contributed by atoms with E-state index in [2.05, 4.69) is 114 Å². The number of hydrogen-bond acceptors (Lipinski definition) is 16. The Kier molecular flexibility index (Phi) is 30.7. The zero-order valence-electron chi connectivity index (χ0n) is 75.4. The van der Waals surface area contributed by atoms with Crippen molar-refractivity contribution in [2.75, 3.05) is 0 Å². The van der Waals surface area contributed by atoms with Crippen molar-refractivity contribution in [3.8, 4) is 90.1 Å². The third-order valence-electron chi connectivity index (χ3n) is 19.5. The minimum atomic E-state index is -2.50. The Balaban J connectivity index is 0.000000133. The van der Waals surface area contributed by atoms with Crippen LogP contribution in [0.4, 0.5) is 0 Å².